The van der Waals surface area contributed by atoms with Gasteiger partial charge in [0.15, 0.2) is 11.5 Å². The van der Waals surface area contributed by atoms with Crippen LogP contribution in [0.3, 0.4) is 0 Å². The van der Waals surface area contributed by atoms with E-state index in [-0.39, 0.29) is 11.9 Å². The second-order valence-corrected chi connectivity index (χ2v) is 11.0. The quantitative estimate of drug-likeness (QED) is 0.319. The number of benzene rings is 1. The maximum Gasteiger partial charge on any atom is 0.160 e. The molecule has 192 valence electrons. The Hall–Kier alpha value is -3.17. The van der Waals surface area contributed by atoms with Gasteiger partial charge in [-0.05, 0) is 49.9 Å². The van der Waals surface area contributed by atoms with Crippen LogP contribution in [-0.2, 0) is 6.54 Å². The van der Waals surface area contributed by atoms with Gasteiger partial charge in [0.25, 0.3) is 0 Å². The van der Waals surface area contributed by atoms with Crippen LogP contribution in [0.4, 0.5) is 8.78 Å². The van der Waals surface area contributed by atoms with Gasteiger partial charge in [0.2, 0.25) is 0 Å². The fourth-order valence-corrected chi connectivity index (χ4v) is 6.33. The van der Waals surface area contributed by atoms with E-state index in [0.29, 0.717) is 37.1 Å². The first-order valence-corrected chi connectivity index (χ1v) is 13.7. The summed E-state index contributed by atoms with van der Waals surface area (Å²) in [7, 11) is 0. The van der Waals surface area contributed by atoms with Crippen molar-refractivity contribution in [2.75, 3.05) is 26.2 Å². The molecule has 2 fully saturated rings. The van der Waals surface area contributed by atoms with Crippen LogP contribution in [0, 0.1) is 5.82 Å². The van der Waals surface area contributed by atoms with Crippen LogP contribution in [0.1, 0.15) is 36.7 Å². The Morgan fingerprint density at radius 1 is 1.05 bits per heavy atom. The Morgan fingerprint density at radius 3 is 2.57 bits per heavy atom. The van der Waals surface area contributed by atoms with E-state index in [1.807, 2.05) is 29.8 Å². The average molecular weight is 521 g/mol. The van der Waals surface area contributed by atoms with E-state index >= 15 is 4.39 Å². The highest BCUT2D eigenvalue weighted by Crippen LogP contribution is 2.39. The van der Waals surface area contributed by atoms with Crippen LogP contribution in [0.2, 0.25) is 0 Å². The molecule has 0 atom stereocenters. The van der Waals surface area contributed by atoms with Crippen molar-refractivity contribution in [2.45, 2.75) is 43.9 Å². The Labute approximate surface area is 219 Å². The van der Waals surface area contributed by atoms with Crippen molar-refractivity contribution in [3.05, 3.63) is 77.3 Å². The molecule has 4 aromatic rings. The minimum absolute atomic E-state index is 0.159. The second kappa shape index (κ2) is 9.95. The Morgan fingerprint density at radius 2 is 1.86 bits per heavy atom. The van der Waals surface area contributed by atoms with Crippen molar-refractivity contribution in [1.29, 1.82) is 0 Å². The number of hydrogen-bond donors (Lipinski definition) is 0. The molecule has 0 radical (unpaired) electrons. The minimum Gasteiger partial charge on any atom is -0.373 e. The Balaban J connectivity index is 1.15. The largest absolute Gasteiger partial charge is 0.373 e. The van der Waals surface area contributed by atoms with Gasteiger partial charge in [-0.3, -0.25) is 9.88 Å². The number of nitrogens with zero attached hydrogens (tertiary/aromatic N) is 6. The average Bonchev–Trinajstić information content (AvgIpc) is 3.58. The van der Waals surface area contributed by atoms with Crippen molar-refractivity contribution in [2.24, 2.45) is 0 Å². The van der Waals surface area contributed by atoms with Gasteiger partial charge < -0.3 is 9.47 Å². The zero-order valence-corrected chi connectivity index (χ0v) is 21.5. The van der Waals surface area contributed by atoms with Gasteiger partial charge >= 0.3 is 0 Å². The van der Waals surface area contributed by atoms with E-state index in [1.54, 1.807) is 23.6 Å². The molecule has 5 heterocycles. The molecule has 0 saturated carbocycles. The number of likely N-dealkylation sites (tertiary alicyclic amines) is 2. The first-order valence-electron chi connectivity index (χ1n) is 12.8. The number of halogens is 2. The molecular weight excluding hydrogens is 490 g/mol. The summed E-state index contributed by atoms with van der Waals surface area (Å²) in [6, 6.07) is 10.6. The molecule has 0 aliphatic carbocycles. The molecule has 1 aromatic carbocycles. The molecule has 2 aliphatic rings. The number of fused-ring (bicyclic) bond motifs is 1. The van der Waals surface area contributed by atoms with Gasteiger partial charge in [-0.1, -0.05) is 12.6 Å². The smallest absolute Gasteiger partial charge is 0.160 e. The molecule has 3 aromatic heterocycles. The molecule has 0 N–H and O–H groups in total. The summed E-state index contributed by atoms with van der Waals surface area (Å²) in [5.74, 6) is 0.440. The predicted molar refractivity (Wildman–Crippen MR) is 142 cm³/mol. The first-order chi connectivity index (χ1) is 18.0. The number of allylic oxidation sites excluding steroid dienone is 1. The number of piperidine rings is 2. The lowest BCUT2D eigenvalue weighted by molar-refractivity contribution is 0.0523. The maximum absolute atomic E-state index is 16.1. The highest BCUT2D eigenvalue weighted by Gasteiger charge is 2.40. The third-order valence-corrected chi connectivity index (χ3v) is 8.53. The molecular formula is C28H30F2N6S. The number of rotatable bonds is 6. The number of imidazole rings is 1. The van der Waals surface area contributed by atoms with Crippen LogP contribution in [0.5, 0.6) is 0 Å². The summed E-state index contributed by atoms with van der Waals surface area (Å²) in [5, 5.41) is 3.06. The number of aromatic nitrogens is 4. The van der Waals surface area contributed by atoms with E-state index in [0.717, 1.165) is 54.5 Å². The lowest BCUT2D eigenvalue weighted by Crippen LogP contribution is -2.47. The van der Waals surface area contributed by atoms with E-state index in [4.69, 9.17) is 4.98 Å². The van der Waals surface area contributed by atoms with E-state index in [1.165, 1.54) is 12.1 Å². The van der Waals surface area contributed by atoms with Crippen molar-refractivity contribution < 1.29 is 8.78 Å². The number of pyridine rings is 1. The van der Waals surface area contributed by atoms with Gasteiger partial charge in [0, 0.05) is 61.8 Å². The molecule has 37 heavy (non-hydrogen) atoms. The fourth-order valence-electron chi connectivity index (χ4n) is 5.67. The Bertz CT molecular complexity index is 1370. The van der Waals surface area contributed by atoms with Gasteiger partial charge in [-0.25, -0.2) is 18.7 Å². The zero-order chi connectivity index (χ0) is 25.4. The van der Waals surface area contributed by atoms with Gasteiger partial charge in [0.05, 0.1) is 17.6 Å². The molecule has 6 nitrogen and oxygen atoms in total. The van der Waals surface area contributed by atoms with Crippen molar-refractivity contribution in [3.63, 3.8) is 0 Å². The van der Waals surface area contributed by atoms with E-state index in [2.05, 4.69) is 30.9 Å². The van der Waals surface area contributed by atoms with E-state index in [9.17, 15) is 4.39 Å². The van der Waals surface area contributed by atoms with Gasteiger partial charge in [-0.15, -0.1) is 11.3 Å². The fraction of sp³-hybridized carbons (Fsp3) is 0.393. The molecule has 0 amide bonds. The molecule has 9 heteroatoms. The normalized spacial score (nSPS) is 18.9. The molecule has 2 saturated heterocycles. The highest BCUT2D eigenvalue weighted by atomic mass is 32.1. The minimum atomic E-state index is -1.37. The summed E-state index contributed by atoms with van der Waals surface area (Å²) in [5.41, 5.74) is 1.53. The lowest BCUT2D eigenvalue weighted by Gasteiger charge is -2.43. The molecule has 2 aliphatic heterocycles. The highest BCUT2D eigenvalue weighted by molar-refractivity contribution is 7.09. The van der Waals surface area contributed by atoms with Gasteiger partial charge in [-0.2, -0.15) is 0 Å². The lowest BCUT2D eigenvalue weighted by atomic mass is 9.88. The topological polar surface area (TPSA) is 50.1 Å². The van der Waals surface area contributed by atoms with Crippen molar-refractivity contribution >= 4 is 22.4 Å². The van der Waals surface area contributed by atoms with Crippen LogP contribution >= 0.6 is 11.3 Å². The maximum atomic E-state index is 16.1. The number of alkyl halides is 1. The van der Waals surface area contributed by atoms with E-state index < -0.39 is 5.67 Å². The van der Waals surface area contributed by atoms with Crippen LogP contribution < -0.4 is 0 Å². The number of thiazole rings is 1. The van der Waals surface area contributed by atoms with Crippen LogP contribution in [0.25, 0.3) is 22.6 Å². The third-order valence-electron chi connectivity index (χ3n) is 7.76. The molecule has 0 spiro atoms. The molecule has 0 unspecified atom stereocenters. The summed E-state index contributed by atoms with van der Waals surface area (Å²) in [6.07, 6.45) is 6.13. The Kier molecular flexibility index (Phi) is 6.50. The summed E-state index contributed by atoms with van der Waals surface area (Å²) in [4.78, 5) is 18.0. The second-order valence-electron chi connectivity index (χ2n) is 9.99. The monoisotopic (exact) mass is 520 g/mol. The summed E-state index contributed by atoms with van der Waals surface area (Å²) in [6.45, 7) is 7.88. The van der Waals surface area contributed by atoms with Gasteiger partial charge in [0.1, 0.15) is 16.5 Å². The predicted octanol–water partition coefficient (Wildman–Crippen LogP) is 5.85. The van der Waals surface area contributed by atoms with Crippen molar-refractivity contribution in [3.8, 4) is 11.5 Å². The third kappa shape index (κ3) is 4.78. The summed E-state index contributed by atoms with van der Waals surface area (Å²) >= 11 is 1.64. The standard InChI is InChI=1S/C28H30F2N6S/c1-20(28(30)9-15-34(16-10-28)19-26-32-12-17-37-26)35-13-7-22(8-14-35)36-25-6-5-21(29)18-24(25)33-27(36)23-4-2-3-11-31-23/h2-6,11-12,17-18,22H,1,7-10,13-16,19H2. The summed E-state index contributed by atoms with van der Waals surface area (Å²) < 4.78 is 32.2. The van der Waals surface area contributed by atoms with Crippen molar-refractivity contribution in [1.82, 2.24) is 29.3 Å². The zero-order valence-electron chi connectivity index (χ0n) is 20.7. The van der Waals surface area contributed by atoms with Crippen LogP contribution in [-0.4, -0.2) is 61.2 Å². The van der Waals surface area contributed by atoms with Crippen LogP contribution in [0.15, 0.2) is 66.4 Å². The number of hydrogen-bond acceptors (Lipinski definition) is 6. The SMILES string of the molecule is C=C(N1CCC(n2c(-c3ccccn3)nc3cc(F)ccc32)CC1)C1(F)CCN(Cc2nccs2)CC1. The molecule has 0 bridgehead atoms. The first kappa shape index (κ1) is 24.2. The molecule has 6 rings (SSSR count).